The van der Waals surface area contributed by atoms with E-state index >= 15 is 0 Å². The van der Waals surface area contributed by atoms with Gasteiger partial charge in [-0.2, -0.15) is 0 Å². The fraction of sp³-hybridized carbons (Fsp3) is 0.562. The summed E-state index contributed by atoms with van der Waals surface area (Å²) in [5, 5.41) is 1.29. The van der Waals surface area contributed by atoms with Gasteiger partial charge in [-0.1, -0.05) is 29.3 Å². The van der Waals surface area contributed by atoms with Crippen LogP contribution in [0.25, 0.3) is 0 Å². The molecule has 0 aliphatic carbocycles. The van der Waals surface area contributed by atoms with Crippen LogP contribution in [0.5, 0.6) is 0 Å². The Morgan fingerprint density at radius 1 is 1.41 bits per heavy atom. The van der Waals surface area contributed by atoms with Crippen molar-refractivity contribution in [2.75, 3.05) is 18.8 Å². The molecule has 22 heavy (non-hydrogen) atoms. The van der Waals surface area contributed by atoms with Gasteiger partial charge in [0.2, 0.25) is 5.91 Å². The van der Waals surface area contributed by atoms with Gasteiger partial charge >= 0.3 is 0 Å². The quantitative estimate of drug-likeness (QED) is 0.868. The SMILES string of the molecule is CC(N)C1CCN(C(=O)CSCc2ccc(Cl)cc2Cl)CC1. The topological polar surface area (TPSA) is 46.3 Å². The fourth-order valence-corrected chi connectivity index (χ4v) is 4.14. The normalized spacial score (nSPS) is 17.5. The molecule has 0 radical (unpaired) electrons. The molecule has 1 fully saturated rings. The minimum absolute atomic E-state index is 0.207. The number of hydrogen-bond acceptors (Lipinski definition) is 3. The molecule has 1 aliphatic heterocycles. The van der Waals surface area contributed by atoms with E-state index in [4.69, 9.17) is 28.9 Å². The Morgan fingerprint density at radius 3 is 2.68 bits per heavy atom. The summed E-state index contributed by atoms with van der Waals surface area (Å²) in [5.74, 6) is 1.96. The summed E-state index contributed by atoms with van der Waals surface area (Å²) in [4.78, 5) is 14.2. The third-order valence-corrected chi connectivity index (χ3v) is 5.69. The third kappa shape index (κ3) is 5.05. The van der Waals surface area contributed by atoms with Crippen LogP contribution in [0.2, 0.25) is 10.0 Å². The van der Waals surface area contributed by atoms with Crippen molar-refractivity contribution in [3.8, 4) is 0 Å². The minimum atomic E-state index is 0.207. The maximum atomic E-state index is 12.2. The number of carbonyl (C=O) groups is 1. The summed E-state index contributed by atoms with van der Waals surface area (Å²) in [6.45, 7) is 3.70. The number of likely N-dealkylation sites (tertiary alicyclic amines) is 1. The highest BCUT2D eigenvalue weighted by molar-refractivity contribution is 7.99. The van der Waals surface area contributed by atoms with Gasteiger partial charge in [0.05, 0.1) is 5.75 Å². The van der Waals surface area contributed by atoms with E-state index in [0.717, 1.165) is 37.2 Å². The van der Waals surface area contributed by atoms with E-state index in [-0.39, 0.29) is 11.9 Å². The molecule has 1 aromatic rings. The summed E-state index contributed by atoms with van der Waals surface area (Å²) in [7, 11) is 0. The van der Waals surface area contributed by atoms with Gasteiger partial charge in [0, 0.05) is 34.9 Å². The second kappa shape index (κ2) is 8.44. The van der Waals surface area contributed by atoms with Crippen LogP contribution in [-0.2, 0) is 10.5 Å². The molecule has 1 amide bonds. The number of benzene rings is 1. The average Bonchev–Trinajstić information content (AvgIpc) is 2.49. The van der Waals surface area contributed by atoms with Gasteiger partial charge in [-0.15, -0.1) is 11.8 Å². The number of thioether (sulfide) groups is 1. The predicted octanol–water partition coefficient (Wildman–Crippen LogP) is 3.81. The number of piperidine rings is 1. The first-order valence-corrected chi connectivity index (χ1v) is 9.43. The molecule has 0 bridgehead atoms. The summed E-state index contributed by atoms with van der Waals surface area (Å²) < 4.78 is 0. The molecule has 1 unspecified atom stereocenters. The van der Waals surface area contributed by atoms with Crippen molar-refractivity contribution in [2.45, 2.75) is 31.6 Å². The number of nitrogens with zero attached hydrogens (tertiary/aromatic N) is 1. The summed E-state index contributed by atoms with van der Waals surface area (Å²) >= 11 is 13.6. The molecule has 1 saturated heterocycles. The monoisotopic (exact) mass is 360 g/mol. The summed E-state index contributed by atoms with van der Waals surface area (Å²) in [6, 6.07) is 5.69. The number of halogens is 2. The van der Waals surface area contributed by atoms with Crippen molar-refractivity contribution in [1.82, 2.24) is 4.90 Å². The van der Waals surface area contributed by atoms with Crippen LogP contribution in [0.15, 0.2) is 18.2 Å². The number of nitrogens with two attached hydrogens (primary N) is 1. The zero-order chi connectivity index (χ0) is 16.1. The van der Waals surface area contributed by atoms with Crippen molar-refractivity contribution >= 4 is 40.9 Å². The molecule has 1 aromatic carbocycles. The van der Waals surface area contributed by atoms with Crippen molar-refractivity contribution in [2.24, 2.45) is 11.7 Å². The van der Waals surface area contributed by atoms with Gasteiger partial charge in [-0.05, 0) is 43.4 Å². The zero-order valence-corrected chi connectivity index (χ0v) is 15.1. The van der Waals surface area contributed by atoms with Gasteiger partial charge in [0.25, 0.3) is 0 Å². The van der Waals surface area contributed by atoms with Crippen LogP contribution in [0.4, 0.5) is 0 Å². The Hall–Kier alpha value is -0.420. The molecule has 1 heterocycles. The Bertz CT molecular complexity index is 517. The largest absolute Gasteiger partial charge is 0.342 e. The maximum Gasteiger partial charge on any atom is 0.232 e. The zero-order valence-electron chi connectivity index (χ0n) is 12.7. The molecule has 6 heteroatoms. The second-order valence-corrected chi connectivity index (χ2v) is 7.64. The molecular weight excluding hydrogens is 339 g/mol. The molecule has 0 spiro atoms. The van der Waals surface area contributed by atoms with E-state index in [9.17, 15) is 4.79 Å². The van der Waals surface area contributed by atoms with Gasteiger partial charge in [-0.3, -0.25) is 4.79 Å². The van der Waals surface area contributed by atoms with E-state index < -0.39 is 0 Å². The van der Waals surface area contributed by atoms with Crippen LogP contribution in [0.1, 0.15) is 25.3 Å². The molecule has 3 nitrogen and oxygen atoms in total. The molecular formula is C16H22Cl2N2OS. The first-order chi connectivity index (χ1) is 10.5. The van der Waals surface area contributed by atoms with E-state index in [1.165, 1.54) is 0 Å². The second-order valence-electron chi connectivity index (χ2n) is 5.81. The van der Waals surface area contributed by atoms with Gasteiger partial charge in [0.15, 0.2) is 0 Å². The van der Waals surface area contributed by atoms with Crippen LogP contribution < -0.4 is 5.73 Å². The van der Waals surface area contributed by atoms with Crippen LogP contribution in [0.3, 0.4) is 0 Å². The van der Waals surface area contributed by atoms with E-state index in [2.05, 4.69) is 0 Å². The van der Waals surface area contributed by atoms with Crippen molar-refractivity contribution in [3.05, 3.63) is 33.8 Å². The lowest BCUT2D eigenvalue weighted by Crippen LogP contribution is -2.43. The highest BCUT2D eigenvalue weighted by atomic mass is 35.5. The molecule has 1 atom stereocenters. The van der Waals surface area contributed by atoms with Crippen LogP contribution >= 0.6 is 35.0 Å². The first-order valence-electron chi connectivity index (χ1n) is 7.52. The Morgan fingerprint density at radius 2 is 2.09 bits per heavy atom. The minimum Gasteiger partial charge on any atom is -0.342 e. The van der Waals surface area contributed by atoms with Gasteiger partial charge in [-0.25, -0.2) is 0 Å². The third-order valence-electron chi connectivity index (χ3n) is 4.13. The summed E-state index contributed by atoms with van der Waals surface area (Å²) in [6.07, 6.45) is 2.02. The lowest BCUT2D eigenvalue weighted by molar-refractivity contribution is -0.129. The maximum absolute atomic E-state index is 12.2. The van der Waals surface area contributed by atoms with Crippen molar-refractivity contribution in [3.63, 3.8) is 0 Å². The smallest absolute Gasteiger partial charge is 0.232 e. The van der Waals surface area contributed by atoms with Crippen LogP contribution in [-0.4, -0.2) is 35.7 Å². The standard InChI is InChI=1S/C16H22Cl2N2OS/c1-11(19)12-4-6-20(7-5-12)16(21)10-22-9-13-2-3-14(17)8-15(13)18/h2-3,8,11-12H,4-7,9-10,19H2,1H3. The Labute approximate surface area is 146 Å². The molecule has 0 aromatic heterocycles. The van der Waals surface area contributed by atoms with E-state index in [1.807, 2.05) is 24.0 Å². The molecule has 0 saturated carbocycles. The number of hydrogen-bond donors (Lipinski definition) is 1. The number of carbonyl (C=O) groups excluding carboxylic acids is 1. The lowest BCUT2D eigenvalue weighted by Gasteiger charge is -2.33. The van der Waals surface area contributed by atoms with Crippen molar-refractivity contribution < 1.29 is 4.79 Å². The van der Waals surface area contributed by atoms with Crippen molar-refractivity contribution in [1.29, 1.82) is 0 Å². The fourth-order valence-electron chi connectivity index (χ4n) is 2.65. The first kappa shape index (κ1) is 17.9. The molecule has 122 valence electrons. The van der Waals surface area contributed by atoms with Gasteiger partial charge in [0.1, 0.15) is 0 Å². The van der Waals surface area contributed by atoms with Crippen LogP contribution in [0, 0.1) is 5.92 Å². The Kier molecular flexibility index (Phi) is 6.87. The highest BCUT2D eigenvalue weighted by Crippen LogP contribution is 2.25. The van der Waals surface area contributed by atoms with Gasteiger partial charge < -0.3 is 10.6 Å². The average molecular weight is 361 g/mol. The lowest BCUT2D eigenvalue weighted by atomic mass is 9.91. The molecule has 2 rings (SSSR count). The summed E-state index contributed by atoms with van der Waals surface area (Å²) in [5.41, 5.74) is 6.94. The highest BCUT2D eigenvalue weighted by Gasteiger charge is 2.24. The Balaban J connectivity index is 1.74. The molecule has 2 N–H and O–H groups in total. The predicted molar refractivity (Wildman–Crippen MR) is 95.6 cm³/mol. The van der Waals surface area contributed by atoms with E-state index in [0.29, 0.717) is 21.7 Å². The number of rotatable bonds is 5. The van der Waals surface area contributed by atoms with E-state index in [1.54, 1.807) is 17.8 Å². The molecule has 1 aliphatic rings. The number of amides is 1.